The van der Waals surface area contributed by atoms with E-state index in [1.165, 1.54) is 0 Å². The van der Waals surface area contributed by atoms with Crippen LogP contribution in [0.25, 0.3) is 10.9 Å². The molecule has 0 bridgehead atoms. The van der Waals surface area contributed by atoms with Gasteiger partial charge in [-0.1, -0.05) is 0 Å². The van der Waals surface area contributed by atoms with E-state index in [1.807, 2.05) is 24.0 Å². The van der Waals surface area contributed by atoms with Gasteiger partial charge in [-0.2, -0.15) is 5.26 Å². The molecule has 1 amide bonds. The Morgan fingerprint density at radius 1 is 1.43 bits per heavy atom. The van der Waals surface area contributed by atoms with Crippen LogP contribution in [0.15, 0.2) is 24.5 Å². The van der Waals surface area contributed by atoms with Crippen molar-refractivity contribution in [3.63, 3.8) is 0 Å². The topological polar surface area (TPSA) is 103 Å². The van der Waals surface area contributed by atoms with Crippen molar-refractivity contribution in [1.82, 2.24) is 20.6 Å². The lowest BCUT2D eigenvalue weighted by Gasteiger charge is -2.39. The third-order valence-electron chi connectivity index (χ3n) is 5.42. The Morgan fingerprint density at radius 3 is 3.03 bits per heavy atom. The number of amides is 1. The van der Waals surface area contributed by atoms with Gasteiger partial charge < -0.3 is 20.3 Å². The summed E-state index contributed by atoms with van der Waals surface area (Å²) in [4.78, 5) is 23.1. The molecule has 2 fully saturated rings. The summed E-state index contributed by atoms with van der Waals surface area (Å²) in [6, 6.07) is 4.41. The summed E-state index contributed by atoms with van der Waals surface area (Å²) in [6.45, 7) is 2.46. The molecular weight excluding hydrogens is 394 g/mol. The number of carbonyl (C=O) groups excluding carboxylic acids is 1. The van der Waals surface area contributed by atoms with Crippen LogP contribution in [0.3, 0.4) is 0 Å². The first-order chi connectivity index (χ1) is 14.4. The highest BCUT2D eigenvalue weighted by Gasteiger charge is 2.44. The largest absolute Gasteiger partial charge is 0.364 e. The number of pyridine rings is 2. The van der Waals surface area contributed by atoms with Gasteiger partial charge >= 0.3 is 0 Å². The quantitative estimate of drug-likeness (QED) is 0.775. The summed E-state index contributed by atoms with van der Waals surface area (Å²) in [7, 11) is 0. The van der Waals surface area contributed by atoms with Gasteiger partial charge in [-0.05, 0) is 32.0 Å². The molecule has 0 spiro atoms. The molecule has 4 heterocycles. The van der Waals surface area contributed by atoms with Gasteiger partial charge in [0, 0.05) is 18.1 Å². The van der Waals surface area contributed by atoms with Gasteiger partial charge in [0.2, 0.25) is 0 Å². The van der Waals surface area contributed by atoms with Crippen molar-refractivity contribution in [2.24, 2.45) is 0 Å². The van der Waals surface area contributed by atoms with E-state index in [2.05, 4.69) is 20.6 Å². The maximum Gasteiger partial charge on any atom is 0.280 e. The predicted molar refractivity (Wildman–Crippen MR) is 105 cm³/mol. The monoisotopic (exact) mass is 416 g/mol. The Kier molecular flexibility index (Phi) is 5.49. The number of piperidine rings is 1. The number of carbonyl (C=O) groups is 1. The molecule has 2 aromatic heterocycles. The number of alkyl halides is 2. The zero-order chi connectivity index (χ0) is 21.3. The van der Waals surface area contributed by atoms with Gasteiger partial charge in [0.05, 0.1) is 37.1 Å². The van der Waals surface area contributed by atoms with Crippen LogP contribution >= 0.6 is 0 Å². The lowest BCUT2D eigenvalue weighted by atomic mass is 10.0. The first-order valence-corrected chi connectivity index (χ1v) is 9.82. The van der Waals surface area contributed by atoms with E-state index in [-0.39, 0.29) is 24.8 Å². The van der Waals surface area contributed by atoms with Crippen molar-refractivity contribution in [3.8, 4) is 6.07 Å². The zero-order valence-electron chi connectivity index (χ0n) is 16.4. The molecule has 2 saturated heterocycles. The second-order valence-electron chi connectivity index (χ2n) is 7.63. The number of nitrogens with one attached hydrogen (secondary N) is 2. The highest BCUT2D eigenvalue weighted by molar-refractivity contribution is 5.94. The predicted octanol–water partition coefficient (Wildman–Crippen LogP) is 1.21. The number of hydrogen-bond acceptors (Lipinski definition) is 7. The van der Waals surface area contributed by atoms with Crippen LogP contribution in [-0.2, 0) is 9.53 Å². The summed E-state index contributed by atoms with van der Waals surface area (Å²) in [5.74, 6) is -3.56. The van der Waals surface area contributed by atoms with Crippen molar-refractivity contribution < 1.29 is 18.3 Å². The number of halogens is 2. The summed E-state index contributed by atoms with van der Waals surface area (Å²) < 4.78 is 33.9. The van der Waals surface area contributed by atoms with Gasteiger partial charge in [-0.25, -0.2) is 13.8 Å². The molecule has 0 radical (unpaired) electrons. The van der Waals surface area contributed by atoms with Crippen molar-refractivity contribution in [3.05, 3.63) is 30.2 Å². The third-order valence-corrected chi connectivity index (χ3v) is 5.42. The van der Waals surface area contributed by atoms with Gasteiger partial charge in [0.15, 0.2) is 11.8 Å². The number of nitrogens with zero attached hydrogens (tertiary/aromatic N) is 4. The average Bonchev–Trinajstić information content (AvgIpc) is 2.73. The minimum Gasteiger partial charge on any atom is -0.364 e. The number of rotatable bonds is 3. The van der Waals surface area contributed by atoms with Crippen LogP contribution in [0.1, 0.15) is 19.0 Å². The molecule has 2 aliphatic rings. The van der Waals surface area contributed by atoms with Crippen LogP contribution < -0.4 is 15.5 Å². The molecule has 158 valence electrons. The van der Waals surface area contributed by atoms with Gasteiger partial charge in [0.25, 0.3) is 11.8 Å². The smallest absolute Gasteiger partial charge is 0.280 e. The summed E-state index contributed by atoms with van der Waals surface area (Å²) in [5, 5.41) is 15.1. The lowest BCUT2D eigenvalue weighted by Crippen LogP contribution is -2.61. The molecule has 1 unspecified atom stereocenters. The number of fused-ring (bicyclic) bond motifs is 1. The zero-order valence-corrected chi connectivity index (χ0v) is 16.4. The lowest BCUT2D eigenvalue weighted by molar-refractivity contribution is -0.142. The maximum absolute atomic E-state index is 14.1. The molecule has 4 rings (SSSR count). The highest BCUT2D eigenvalue weighted by Crippen LogP contribution is 2.29. The van der Waals surface area contributed by atoms with Crippen LogP contribution in [0.4, 0.5) is 14.5 Å². The Bertz CT molecular complexity index is 995. The fourth-order valence-electron chi connectivity index (χ4n) is 3.96. The van der Waals surface area contributed by atoms with E-state index < -0.39 is 30.5 Å². The van der Waals surface area contributed by atoms with Gasteiger partial charge in [-0.3, -0.25) is 9.78 Å². The molecule has 0 saturated carbocycles. The van der Waals surface area contributed by atoms with Crippen LogP contribution in [0.5, 0.6) is 0 Å². The number of morpholine rings is 1. The van der Waals surface area contributed by atoms with E-state index in [4.69, 9.17) is 4.74 Å². The van der Waals surface area contributed by atoms with E-state index in [0.717, 1.165) is 11.1 Å². The number of aromatic nitrogens is 2. The van der Waals surface area contributed by atoms with Crippen molar-refractivity contribution in [2.75, 3.05) is 31.1 Å². The van der Waals surface area contributed by atoms with Crippen molar-refractivity contribution in [2.45, 2.75) is 37.5 Å². The second-order valence-corrected chi connectivity index (χ2v) is 7.63. The van der Waals surface area contributed by atoms with E-state index >= 15 is 0 Å². The minimum atomic E-state index is -3.01. The fourth-order valence-corrected chi connectivity index (χ4v) is 3.96. The van der Waals surface area contributed by atoms with Gasteiger partial charge in [0.1, 0.15) is 11.6 Å². The summed E-state index contributed by atoms with van der Waals surface area (Å²) >= 11 is 0. The Balaban J connectivity index is 1.56. The van der Waals surface area contributed by atoms with E-state index in [1.54, 1.807) is 18.5 Å². The fraction of sp³-hybridized carbons (Fsp3) is 0.500. The van der Waals surface area contributed by atoms with Gasteiger partial charge in [-0.15, -0.1) is 0 Å². The normalized spacial score (nSPS) is 26.2. The van der Waals surface area contributed by atoms with Crippen molar-refractivity contribution >= 4 is 22.5 Å². The van der Waals surface area contributed by atoms with Crippen LogP contribution in [0.2, 0.25) is 0 Å². The molecule has 2 N–H and O–H groups in total. The Hall–Kier alpha value is -2.90. The Labute approximate surface area is 172 Å². The van der Waals surface area contributed by atoms with Crippen molar-refractivity contribution in [1.29, 1.82) is 5.26 Å². The third kappa shape index (κ3) is 3.91. The molecule has 10 heteroatoms. The average molecular weight is 416 g/mol. The highest BCUT2D eigenvalue weighted by atomic mass is 19.3. The molecule has 2 aromatic rings. The SMILES string of the molecule is C[C@@H]1CN(c2cnc(C#N)c3ncccc23)C[C@H](C(=O)NC2CCNCC2(F)F)O1. The summed E-state index contributed by atoms with van der Waals surface area (Å²) in [6.07, 6.45) is 2.12. The standard InChI is InChI=1S/C20H22F2N6O2/c1-12-9-28(15-8-26-14(7-23)18-13(15)3-2-5-25-18)10-16(30-12)19(29)27-17-4-6-24-11-20(17,21)22/h2-3,5,8,12,16-17,24H,4,6,9-11H2,1H3,(H,27,29)/t12-,16-,17?/m1/s1. The first-order valence-electron chi connectivity index (χ1n) is 9.82. The number of nitriles is 1. The first kappa shape index (κ1) is 20.4. The summed E-state index contributed by atoms with van der Waals surface area (Å²) in [5.41, 5.74) is 1.42. The molecule has 8 nitrogen and oxygen atoms in total. The Morgan fingerprint density at radius 2 is 2.27 bits per heavy atom. The molecule has 0 aromatic carbocycles. The second kappa shape index (κ2) is 8.08. The minimum absolute atomic E-state index is 0.153. The molecule has 0 aliphatic carbocycles. The number of ether oxygens (including phenoxy) is 1. The number of anilines is 1. The van der Waals surface area contributed by atoms with E-state index in [9.17, 15) is 18.8 Å². The van der Waals surface area contributed by atoms with Crippen LogP contribution in [-0.4, -0.2) is 66.2 Å². The molecule has 2 aliphatic heterocycles. The molecular formula is C20H22F2N6O2. The molecule has 3 atom stereocenters. The molecule has 30 heavy (non-hydrogen) atoms. The van der Waals surface area contributed by atoms with Crippen LogP contribution in [0, 0.1) is 11.3 Å². The number of hydrogen-bond donors (Lipinski definition) is 2. The maximum atomic E-state index is 14.1. The van der Waals surface area contributed by atoms with E-state index in [0.29, 0.717) is 18.6 Å².